The Bertz CT molecular complexity index is 425. The van der Waals surface area contributed by atoms with Crippen LogP contribution < -0.4 is 5.32 Å². The summed E-state index contributed by atoms with van der Waals surface area (Å²) in [6.45, 7) is 0.471. The zero-order valence-corrected chi connectivity index (χ0v) is 11.0. The number of rotatable bonds is 4. The molecule has 1 aromatic carbocycles. The SMILES string of the molecule is O=C(NCCI)c1ccc(Cl)cc1[N+](=O)[O-]. The summed E-state index contributed by atoms with van der Waals surface area (Å²) in [7, 11) is 0. The van der Waals surface area contributed by atoms with Gasteiger partial charge in [-0.25, -0.2) is 0 Å². The Hall–Kier alpha value is -0.890. The smallest absolute Gasteiger partial charge is 0.283 e. The van der Waals surface area contributed by atoms with E-state index in [1.165, 1.54) is 18.2 Å². The van der Waals surface area contributed by atoms with Crippen LogP contribution >= 0.6 is 34.2 Å². The molecular formula is C9H8ClIN2O3. The van der Waals surface area contributed by atoms with E-state index in [1.54, 1.807) is 0 Å². The normalized spacial score (nSPS) is 9.88. The maximum absolute atomic E-state index is 11.6. The van der Waals surface area contributed by atoms with Gasteiger partial charge in [-0.05, 0) is 12.1 Å². The summed E-state index contributed by atoms with van der Waals surface area (Å²) < 4.78 is 0.741. The molecule has 0 saturated carbocycles. The maximum atomic E-state index is 11.6. The maximum Gasteiger partial charge on any atom is 0.283 e. The highest BCUT2D eigenvalue weighted by Crippen LogP contribution is 2.22. The van der Waals surface area contributed by atoms with Crippen LogP contribution in [-0.2, 0) is 0 Å². The summed E-state index contributed by atoms with van der Waals surface area (Å²) in [6, 6.07) is 3.97. The van der Waals surface area contributed by atoms with Crippen molar-refractivity contribution in [3.8, 4) is 0 Å². The molecule has 1 amide bonds. The van der Waals surface area contributed by atoms with Crippen molar-refractivity contribution >= 4 is 45.8 Å². The van der Waals surface area contributed by atoms with Crippen molar-refractivity contribution in [1.82, 2.24) is 5.32 Å². The first-order valence-corrected chi connectivity index (χ1v) is 6.24. The molecule has 0 radical (unpaired) electrons. The van der Waals surface area contributed by atoms with Gasteiger partial charge in [-0.15, -0.1) is 0 Å². The molecule has 0 fully saturated rings. The summed E-state index contributed by atoms with van der Waals surface area (Å²) in [6.07, 6.45) is 0. The first-order valence-electron chi connectivity index (χ1n) is 4.34. The van der Waals surface area contributed by atoms with Crippen LogP contribution in [0.3, 0.4) is 0 Å². The van der Waals surface area contributed by atoms with Gasteiger partial charge >= 0.3 is 0 Å². The molecule has 1 N–H and O–H groups in total. The van der Waals surface area contributed by atoms with E-state index >= 15 is 0 Å². The van der Waals surface area contributed by atoms with Gasteiger partial charge in [0.1, 0.15) is 5.56 Å². The number of nitro benzene ring substituents is 1. The molecule has 5 nitrogen and oxygen atoms in total. The average molecular weight is 355 g/mol. The third-order valence-corrected chi connectivity index (χ3v) is 2.56. The fraction of sp³-hybridized carbons (Fsp3) is 0.222. The number of benzene rings is 1. The van der Waals surface area contributed by atoms with Gasteiger partial charge in [0.05, 0.1) is 4.92 Å². The molecular weight excluding hydrogens is 346 g/mol. The van der Waals surface area contributed by atoms with E-state index in [2.05, 4.69) is 27.9 Å². The molecule has 1 aromatic rings. The molecule has 0 spiro atoms. The number of carbonyl (C=O) groups excluding carboxylic acids is 1. The van der Waals surface area contributed by atoms with Gasteiger partial charge in [-0.3, -0.25) is 14.9 Å². The first kappa shape index (κ1) is 13.2. The quantitative estimate of drug-likeness (QED) is 0.391. The average Bonchev–Trinajstić information content (AvgIpc) is 2.25. The Kier molecular flexibility index (Phi) is 4.94. The molecule has 0 unspecified atom stereocenters. The second-order valence-electron chi connectivity index (χ2n) is 2.86. The van der Waals surface area contributed by atoms with Gasteiger partial charge in [0.15, 0.2) is 0 Å². The van der Waals surface area contributed by atoms with Crippen molar-refractivity contribution in [2.24, 2.45) is 0 Å². The largest absolute Gasteiger partial charge is 0.351 e. The monoisotopic (exact) mass is 354 g/mol. The predicted molar refractivity (Wildman–Crippen MR) is 69.3 cm³/mol. The lowest BCUT2D eigenvalue weighted by Gasteiger charge is -2.04. The minimum atomic E-state index is -0.620. The third kappa shape index (κ3) is 3.31. The molecule has 0 saturated heterocycles. The highest BCUT2D eigenvalue weighted by molar-refractivity contribution is 14.1. The van der Waals surface area contributed by atoms with Crippen molar-refractivity contribution in [3.63, 3.8) is 0 Å². The Balaban J connectivity index is 3.03. The van der Waals surface area contributed by atoms with Crippen LogP contribution in [0.5, 0.6) is 0 Å². The zero-order chi connectivity index (χ0) is 12.1. The molecule has 0 aliphatic heterocycles. The number of alkyl halides is 1. The number of nitrogens with one attached hydrogen (secondary N) is 1. The Morgan fingerprint density at radius 3 is 2.81 bits per heavy atom. The van der Waals surface area contributed by atoms with Crippen molar-refractivity contribution in [1.29, 1.82) is 0 Å². The van der Waals surface area contributed by atoms with Crippen molar-refractivity contribution in [2.45, 2.75) is 0 Å². The lowest BCUT2D eigenvalue weighted by Crippen LogP contribution is -2.25. The van der Waals surface area contributed by atoms with Gasteiger partial charge in [-0.1, -0.05) is 34.2 Å². The second kappa shape index (κ2) is 6.00. The van der Waals surface area contributed by atoms with Crippen molar-refractivity contribution < 1.29 is 9.72 Å². The number of nitro groups is 1. The van der Waals surface area contributed by atoms with E-state index < -0.39 is 10.8 Å². The number of halogens is 2. The molecule has 0 aliphatic rings. The van der Waals surface area contributed by atoms with Crippen LogP contribution in [0.4, 0.5) is 5.69 Å². The number of nitrogens with zero attached hydrogens (tertiary/aromatic N) is 1. The minimum absolute atomic E-state index is 0.0271. The van der Waals surface area contributed by atoms with Gasteiger partial charge < -0.3 is 5.32 Å². The topological polar surface area (TPSA) is 72.2 Å². The van der Waals surface area contributed by atoms with Gasteiger partial charge in [0.2, 0.25) is 0 Å². The minimum Gasteiger partial charge on any atom is -0.351 e. The Labute approximate surface area is 110 Å². The summed E-state index contributed by atoms with van der Waals surface area (Å²) >= 11 is 7.73. The molecule has 0 aromatic heterocycles. The molecule has 7 heteroatoms. The van der Waals surface area contributed by atoms with Gasteiger partial charge in [0.25, 0.3) is 11.6 Å². The predicted octanol–water partition coefficient (Wildman–Crippen LogP) is 2.41. The number of amides is 1. The summed E-state index contributed by atoms with van der Waals surface area (Å²) in [5, 5.41) is 13.5. The van der Waals surface area contributed by atoms with Crippen molar-refractivity contribution in [2.75, 3.05) is 11.0 Å². The zero-order valence-electron chi connectivity index (χ0n) is 8.07. The van der Waals surface area contributed by atoms with Crippen LogP contribution in [0.15, 0.2) is 18.2 Å². The van der Waals surface area contributed by atoms with Crippen LogP contribution in [0.25, 0.3) is 0 Å². The van der Waals surface area contributed by atoms with E-state index in [-0.39, 0.29) is 16.3 Å². The summed E-state index contributed by atoms with van der Waals surface area (Å²) in [5.41, 5.74) is -0.252. The van der Waals surface area contributed by atoms with Crippen LogP contribution in [-0.4, -0.2) is 21.8 Å². The lowest BCUT2D eigenvalue weighted by molar-refractivity contribution is -0.385. The van der Waals surface area contributed by atoms with E-state index in [0.29, 0.717) is 6.54 Å². The molecule has 0 aliphatic carbocycles. The second-order valence-corrected chi connectivity index (χ2v) is 4.38. The van der Waals surface area contributed by atoms with E-state index in [9.17, 15) is 14.9 Å². The molecule has 0 heterocycles. The fourth-order valence-corrected chi connectivity index (χ4v) is 1.54. The molecule has 0 bridgehead atoms. The Morgan fingerprint density at radius 1 is 1.56 bits per heavy atom. The fourth-order valence-electron chi connectivity index (χ4n) is 1.10. The number of carbonyl (C=O) groups is 1. The Morgan fingerprint density at radius 2 is 2.25 bits per heavy atom. The van der Waals surface area contributed by atoms with Crippen LogP contribution in [0.1, 0.15) is 10.4 Å². The van der Waals surface area contributed by atoms with Gasteiger partial charge in [-0.2, -0.15) is 0 Å². The third-order valence-electron chi connectivity index (χ3n) is 1.78. The number of hydrogen-bond donors (Lipinski definition) is 1. The highest BCUT2D eigenvalue weighted by atomic mass is 127. The molecule has 0 atom stereocenters. The van der Waals surface area contributed by atoms with Gasteiger partial charge in [0, 0.05) is 22.1 Å². The number of hydrogen-bond acceptors (Lipinski definition) is 3. The van der Waals surface area contributed by atoms with E-state index in [4.69, 9.17) is 11.6 Å². The molecule has 1 rings (SSSR count). The molecule has 16 heavy (non-hydrogen) atoms. The van der Waals surface area contributed by atoms with E-state index in [0.717, 1.165) is 4.43 Å². The van der Waals surface area contributed by atoms with E-state index in [1.807, 2.05) is 0 Å². The lowest BCUT2D eigenvalue weighted by atomic mass is 10.1. The first-order chi connectivity index (χ1) is 7.56. The van der Waals surface area contributed by atoms with Crippen molar-refractivity contribution in [3.05, 3.63) is 38.9 Å². The highest BCUT2D eigenvalue weighted by Gasteiger charge is 2.19. The summed E-state index contributed by atoms with van der Waals surface area (Å²) in [4.78, 5) is 21.7. The summed E-state index contributed by atoms with van der Waals surface area (Å²) in [5.74, 6) is -0.458. The van der Waals surface area contributed by atoms with Crippen LogP contribution in [0, 0.1) is 10.1 Å². The standard InChI is InChI=1S/C9H8ClIN2O3/c10-6-1-2-7(8(5-6)13(15)16)9(14)12-4-3-11/h1-2,5H,3-4H2,(H,12,14). The molecule has 86 valence electrons. The van der Waals surface area contributed by atoms with Crippen LogP contribution in [0.2, 0.25) is 5.02 Å².